The first-order valence-corrected chi connectivity index (χ1v) is 11.9. The number of anilines is 1. The summed E-state index contributed by atoms with van der Waals surface area (Å²) in [4.78, 5) is 1.37. The molecule has 0 amide bonds. The molecule has 0 unspecified atom stereocenters. The molecule has 4 heteroatoms. The average molecular weight is 439 g/mol. The maximum atomic E-state index is 3.61. The van der Waals surface area contributed by atoms with E-state index < -0.39 is 0 Å². The Hall–Kier alpha value is -0.580. The first-order chi connectivity index (χ1) is 12.2. The van der Waals surface area contributed by atoms with E-state index in [2.05, 4.69) is 82.9 Å². The summed E-state index contributed by atoms with van der Waals surface area (Å²) >= 11 is 7.32. The second-order valence-electron chi connectivity index (χ2n) is 6.13. The van der Waals surface area contributed by atoms with Gasteiger partial charge in [-0.25, -0.2) is 0 Å². The van der Waals surface area contributed by atoms with Crippen LogP contribution >= 0.6 is 39.6 Å². The molecule has 2 aromatic rings. The van der Waals surface area contributed by atoms with Crippen molar-refractivity contribution in [3.8, 4) is 11.1 Å². The highest BCUT2D eigenvalue weighted by molar-refractivity contribution is 9.10. The molecule has 136 valence electrons. The minimum Gasteiger partial charge on any atom is -0.319 e. The van der Waals surface area contributed by atoms with Crippen molar-refractivity contribution in [3.05, 3.63) is 46.9 Å². The molecule has 0 saturated carbocycles. The molecular formula is C21H28BrNS2. The molecule has 0 aromatic heterocycles. The normalized spacial score (nSPS) is 10.9. The fourth-order valence-corrected chi connectivity index (χ4v) is 4.37. The van der Waals surface area contributed by atoms with Gasteiger partial charge in [0, 0.05) is 28.2 Å². The zero-order valence-corrected chi connectivity index (χ0v) is 18.6. The summed E-state index contributed by atoms with van der Waals surface area (Å²) in [6.45, 7) is 2.27. The second kappa shape index (κ2) is 11.2. The Bertz CT molecular complexity index is 643. The molecule has 1 nitrogen and oxygen atoms in total. The quantitative estimate of drug-likeness (QED) is 0.211. The van der Waals surface area contributed by atoms with Crippen molar-refractivity contribution in [3.63, 3.8) is 0 Å². The lowest BCUT2D eigenvalue weighted by molar-refractivity contribution is 0.659. The monoisotopic (exact) mass is 437 g/mol. The lowest BCUT2D eigenvalue weighted by Gasteiger charge is -2.20. The number of hydrogen-bond acceptors (Lipinski definition) is 3. The largest absolute Gasteiger partial charge is 0.319 e. The summed E-state index contributed by atoms with van der Waals surface area (Å²) in [5.41, 5.74) is 3.78. The zero-order chi connectivity index (χ0) is 18.1. The minimum absolute atomic E-state index is 1.12. The van der Waals surface area contributed by atoms with Crippen molar-refractivity contribution in [1.29, 1.82) is 0 Å². The van der Waals surface area contributed by atoms with Crippen LogP contribution in [0.15, 0.2) is 51.8 Å². The highest BCUT2D eigenvalue weighted by Gasteiger charge is 2.10. The van der Waals surface area contributed by atoms with Crippen LogP contribution in [-0.2, 0) is 0 Å². The predicted molar refractivity (Wildman–Crippen MR) is 121 cm³/mol. The van der Waals surface area contributed by atoms with Gasteiger partial charge in [-0.15, -0.1) is 11.8 Å². The van der Waals surface area contributed by atoms with Gasteiger partial charge < -0.3 is 4.31 Å². The number of rotatable bonds is 10. The third-order valence-electron chi connectivity index (χ3n) is 4.25. The van der Waals surface area contributed by atoms with Crippen LogP contribution in [0.4, 0.5) is 5.69 Å². The second-order valence-corrected chi connectivity index (χ2v) is 9.13. The van der Waals surface area contributed by atoms with Gasteiger partial charge in [-0.05, 0) is 48.1 Å². The van der Waals surface area contributed by atoms with Crippen molar-refractivity contribution >= 4 is 45.3 Å². The summed E-state index contributed by atoms with van der Waals surface area (Å²) in [5.74, 6) is 1.22. The molecule has 0 aliphatic carbocycles. The highest BCUT2D eigenvalue weighted by atomic mass is 79.9. The first kappa shape index (κ1) is 20.7. The van der Waals surface area contributed by atoms with E-state index in [1.807, 2.05) is 11.8 Å². The topological polar surface area (TPSA) is 3.24 Å². The third-order valence-corrected chi connectivity index (χ3v) is 6.59. The van der Waals surface area contributed by atoms with Crippen LogP contribution in [0.25, 0.3) is 11.1 Å². The van der Waals surface area contributed by atoms with Gasteiger partial charge in [-0.1, -0.05) is 72.6 Å². The van der Waals surface area contributed by atoms with Gasteiger partial charge in [-0.2, -0.15) is 0 Å². The predicted octanol–water partition coefficient (Wildman–Crippen LogP) is 7.89. The molecule has 25 heavy (non-hydrogen) atoms. The van der Waals surface area contributed by atoms with Gasteiger partial charge in [0.15, 0.2) is 0 Å². The van der Waals surface area contributed by atoms with Crippen LogP contribution in [0, 0.1) is 0 Å². The summed E-state index contributed by atoms with van der Waals surface area (Å²) in [5, 5.41) is 0. The minimum atomic E-state index is 1.12. The average Bonchev–Trinajstić information content (AvgIpc) is 2.64. The van der Waals surface area contributed by atoms with Crippen molar-refractivity contribution in [2.75, 3.05) is 23.4 Å². The fraction of sp³-hybridized carbons (Fsp3) is 0.429. The van der Waals surface area contributed by atoms with Gasteiger partial charge in [0.05, 0.1) is 5.69 Å². The molecule has 0 aliphatic rings. The molecular weight excluding hydrogens is 410 g/mol. The lowest BCUT2D eigenvalue weighted by atomic mass is 10.0. The Kier molecular flexibility index (Phi) is 9.29. The summed E-state index contributed by atoms with van der Waals surface area (Å²) in [6, 6.07) is 15.5. The van der Waals surface area contributed by atoms with Crippen LogP contribution in [0.2, 0.25) is 0 Å². The SMILES string of the molecule is CCCCCCCSc1ccc(-c2cc(Br)ccc2N(C)SC)cc1. The number of thioether (sulfide) groups is 1. The molecule has 2 aromatic carbocycles. The van der Waals surface area contributed by atoms with E-state index in [1.54, 1.807) is 11.9 Å². The highest BCUT2D eigenvalue weighted by Crippen LogP contribution is 2.35. The number of nitrogens with zero attached hydrogens (tertiary/aromatic N) is 1. The molecule has 0 fully saturated rings. The molecule has 0 saturated heterocycles. The van der Waals surface area contributed by atoms with E-state index in [9.17, 15) is 0 Å². The van der Waals surface area contributed by atoms with Gasteiger partial charge >= 0.3 is 0 Å². The molecule has 0 atom stereocenters. The Morgan fingerprint density at radius 2 is 1.68 bits per heavy atom. The Labute approximate surface area is 170 Å². The van der Waals surface area contributed by atoms with E-state index in [1.165, 1.54) is 59.6 Å². The van der Waals surface area contributed by atoms with Crippen LogP contribution < -0.4 is 4.31 Å². The molecule has 0 bridgehead atoms. The van der Waals surface area contributed by atoms with Crippen LogP contribution in [-0.4, -0.2) is 19.1 Å². The summed E-state index contributed by atoms with van der Waals surface area (Å²) in [6.07, 6.45) is 8.86. The van der Waals surface area contributed by atoms with Crippen LogP contribution in [0.3, 0.4) is 0 Å². The molecule has 2 rings (SSSR count). The first-order valence-electron chi connectivity index (χ1n) is 8.96. The van der Waals surface area contributed by atoms with Crippen LogP contribution in [0.1, 0.15) is 39.0 Å². The van der Waals surface area contributed by atoms with Gasteiger partial charge in [0.1, 0.15) is 0 Å². The standard InChI is InChI=1S/C21H28BrNS2/c1-4-5-6-7-8-15-25-19-12-9-17(10-13-19)20-16-18(22)11-14-21(20)23(2)24-3/h9-14,16H,4-8,15H2,1-3H3. The van der Waals surface area contributed by atoms with E-state index in [0.29, 0.717) is 0 Å². The smallest absolute Gasteiger partial charge is 0.0545 e. The Balaban J connectivity index is 2.01. The molecule has 0 heterocycles. The third kappa shape index (κ3) is 6.58. The van der Waals surface area contributed by atoms with Gasteiger partial charge in [-0.3, -0.25) is 0 Å². The Morgan fingerprint density at radius 3 is 2.36 bits per heavy atom. The number of hydrogen-bond donors (Lipinski definition) is 0. The molecule has 0 radical (unpaired) electrons. The lowest BCUT2D eigenvalue weighted by Crippen LogP contribution is -2.06. The van der Waals surface area contributed by atoms with E-state index in [-0.39, 0.29) is 0 Å². The maximum absolute atomic E-state index is 3.61. The number of unbranched alkanes of at least 4 members (excludes halogenated alkanes) is 4. The summed E-state index contributed by atoms with van der Waals surface area (Å²) in [7, 11) is 2.11. The van der Waals surface area contributed by atoms with Crippen LogP contribution in [0.5, 0.6) is 0 Å². The number of benzene rings is 2. The Morgan fingerprint density at radius 1 is 0.960 bits per heavy atom. The van der Waals surface area contributed by atoms with Gasteiger partial charge in [0.25, 0.3) is 0 Å². The van der Waals surface area contributed by atoms with Crippen molar-refractivity contribution in [1.82, 2.24) is 0 Å². The zero-order valence-electron chi connectivity index (χ0n) is 15.4. The molecule has 0 spiro atoms. The van der Waals surface area contributed by atoms with E-state index in [4.69, 9.17) is 0 Å². The van der Waals surface area contributed by atoms with Crippen molar-refractivity contribution < 1.29 is 0 Å². The maximum Gasteiger partial charge on any atom is 0.0545 e. The fourth-order valence-electron chi connectivity index (χ4n) is 2.74. The van der Waals surface area contributed by atoms with Gasteiger partial charge in [0.2, 0.25) is 0 Å². The van der Waals surface area contributed by atoms with E-state index >= 15 is 0 Å². The number of halogens is 1. The molecule has 0 N–H and O–H groups in total. The van der Waals surface area contributed by atoms with E-state index in [0.717, 1.165) is 4.47 Å². The van der Waals surface area contributed by atoms with Crippen molar-refractivity contribution in [2.24, 2.45) is 0 Å². The summed E-state index contributed by atoms with van der Waals surface area (Å²) < 4.78 is 3.33. The van der Waals surface area contributed by atoms with Crippen molar-refractivity contribution in [2.45, 2.75) is 43.9 Å². The molecule has 0 aliphatic heterocycles.